The number of amides is 2. The van der Waals surface area contributed by atoms with Gasteiger partial charge >= 0.3 is 6.09 Å². The van der Waals surface area contributed by atoms with Crippen LogP contribution in [0.25, 0.3) is 11.1 Å². The van der Waals surface area contributed by atoms with Crippen LogP contribution in [-0.4, -0.2) is 39.4 Å². The van der Waals surface area contributed by atoms with Gasteiger partial charge < -0.3 is 29.6 Å². The Balaban J connectivity index is 0.961. The number of hydrogen-bond acceptors (Lipinski definition) is 6. The third-order valence-electron chi connectivity index (χ3n) is 11.8. The molecule has 1 saturated carbocycles. The van der Waals surface area contributed by atoms with Gasteiger partial charge in [-0.25, -0.2) is 4.79 Å². The molecule has 2 unspecified atom stereocenters. The molecule has 0 aliphatic heterocycles. The average molecular weight is 787 g/mol. The number of benzene rings is 6. The molecule has 0 radical (unpaired) electrons. The molecule has 6 aromatic carbocycles. The highest BCUT2D eigenvalue weighted by atomic mass is 16.5. The summed E-state index contributed by atoms with van der Waals surface area (Å²) in [7, 11) is 3.18. The van der Waals surface area contributed by atoms with Gasteiger partial charge in [-0.2, -0.15) is 0 Å². The molecule has 6 aromatic rings. The molecule has 0 heterocycles. The smallest absolute Gasteiger partial charge is 0.407 e. The van der Waals surface area contributed by atoms with E-state index in [9.17, 15) is 9.59 Å². The first kappa shape index (κ1) is 39.3. The molecule has 0 saturated heterocycles. The van der Waals surface area contributed by atoms with Gasteiger partial charge in [-0.05, 0) is 94.5 Å². The van der Waals surface area contributed by atoms with Crippen molar-refractivity contribution in [2.75, 3.05) is 27.4 Å². The van der Waals surface area contributed by atoms with Crippen LogP contribution in [0.4, 0.5) is 4.79 Å². The highest BCUT2D eigenvalue weighted by Crippen LogP contribution is 2.45. The standard InChI is InChI=1S/C51H50N2O6/c1-33-16-18-36(19-17-33)49(37-22-20-35(21-23-37)34-10-4-5-11-34)52-48(54)32-58-39-26-24-38(25-27-39)50(45-29-28-40(56-2)30-47(45)57-3)53-51(55)59-31-46-43-14-8-6-12-41(43)42-13-7-9-15-44(42)46/h6-9,12-30,34,46,49-50H,4-5,10-11,31-32H2,1-3H3,(H,52,54)(H,53,55). The fourth-order valence-electron chi connectivity index (χ4n) is 8.60. The van der Waals surface area contributed by atoms with E-state index in [1.165, 1.54) is 31.2 Å². The molecule has 8 rings (SSSR count). The zero-order valence-electron chi connectivity index (χ0n) is 33.8. The summed E-state index contributed by atoms with van der Waals surface area (Å²) in [5.74, 6) is 1.98. The van der Waals surface area contributed by atoms with Crippen LogP contribution in [0.3, 0.4) is 0 Å². The molecular formula is C51H50N2O6. The number of carbonyl (C=O) groups excluding carboxylic acids is 2. The average Bonchev–Trinajstić information content (AvgIpc) is 3.94. The number of fused-ring (bicyclic) bond motifs is 3. The molecule has 2 aliphatic rings. The lowest BCUT2D eigenvalue weighted by atomic mass is 9.93. The summed E-state index contributed by atoms with van der Waals surface area (Å²) >= 11 is 0. The van der Waals surface area contributed by atoms with E-state index in [4.69, 9.17) is 18.9 Å². The number of nitrogens with one attached hydrogen (secondary N) is 2. The van der Waals surface area contributed by atoms with Crippen molar-refractivity contribution in [3.05, 3.63) is 184 Å². The van der Waals surface area contributed by atoms with Gasteiger partial charge in [-0.15, -0.1) is 0 Å². The maximum atomic E-state index is 13.7. The largest absolute Gasteiger partial charge is 0.497 e. The van der Waals surface area contributed by atoms with E-state index in [1.54, 1.807) is 32.4 Å². The van der Waals surface area contributed by atoms with Crippen molar-refractivity contribution in [1.82, 2.24) is 10.6 Å². The summed E-state index contributed by atoms with van der Waals surface area (Å²) in [6.45, 7) is 2.06. The second kappa shape index (κ2) is 17.9. The number of ether oxygens (including phenoxy) is 4. The molecule has 2 aliphatic carbocycles. The predicted molar refractivity (Wildman–Crippen MR) is 230 cm³/mol. The van der Waals surface area contributed by atoms with Gasteiger partial charge in [0.15, 0.2) is 6.61 Å². The Kier molecular flexibility index (Phi) is 11.9. The lowest BCUT2D eigenvalue weighted by Gasteiger charge is -2.23. The number of carbonyl (C=O) groups is 2. The quantitative estimate of drug-likeness (QED) is 0.114. The monoisotopic (exact) mass is 786 g/mol. The maximum absolute atomic E-state index is 13.7. The molecule has 8 nitrogen and oxygen atoms in total. The summed E-state index contributed by atoms with van der Waals surface area (Å²) in [5, 5.41) is 6.31. The fourth-order valence-corrected chi connectivity index (χ4v) is 8.60. The lowest BCUT2D eigenvalue weighted by molar-refractivity contribution is -0.123. The van der Waals surface area contributed by atoms with E-state index in [1.807, 2.05) is 48.5 Å². The van der Waals surface area contributed by atoms with Crippen molar-refractivity contribution in [3.63, 3.8) is 0 Å². The van der Waals surface area contributed by atoms with E-state index in [0.717, 1.165) is 44.5 Å². The molecule has 1 fully saturated rings. The molecule has 0 aromatic heterocycles. The van der Waals surface area contributed by atoms with Crippen LogP contribution in [0.2, 0.25) is 0 Å². The number of alkyl carbamates (subject to hydrolysis) is 1. The van der Waals surface area contributed by atoms with Crippen molar-refractivity contribution in [2.24, 2.45) is 0 Å². The lowest BCUT2D eigenvalue weighted by Crippen LogP contribution is -2.33. The van der Waals surface area contributed by atoms with Crippen LogP contribution in [0, 0.1) is 6.92 Å². The first-order valence-electron chi connectivity index (χ1n) is 20.4. The number of rotatable bonds is 14. The Hall–Kier alpha value is -6.54. The van der Waals surface area contributed by atoms with Gasteiger partial charge in [0.05, 0.1) is 26.3 Å². The summed E-state index contributed by atoms with van der Waals surface area (Å²) in [4.78, 5) is 27.2. The van der Waals surface area contributed by atoms with Gasteiger partial charge in [0, 0.05) is 17.5 Å². The Bertz CT molecular complexity index is 2340. The first-order chi connectivity index (χ1) is 28.9. The van der Waals surface area contributed by atoms with Crippen molar-refractivity contribution in [3.8, 4) is 28.4 Å². The van der Waals surface area contributed by atoms with Gasteiger partial charge in [-0.1, -0.05) is 128 Å². The third-order valence-corrected chi connectivity index (χ3v) is 11.8. The highest BCUT2D eigenvalue weighted by molar-refractivity contribution is 5.80. The third kappa shape index (κ3) is 8.82. The van der Waals surface area contributed by atoms with Crippen LogP contribution >= 0.6 is 0 Å². The molecule has 2 amide bonds. The molecule has 300 valence electrons. The molecule has 2 N–H and O–H groups in total. The number of aryl methyl sites for hydroxylation is 1. The fraction of sp³-hybridized carbons (Fsp3) is 0.255. The Morgan fingerprint density at radius 3 is 1.85 bits per heavy atom. The first-order valence-corrected chi connectivity index (χ1v) is 20.4. The zero-order valence-corrected chi connectivity index (χ0v) is 33.8. The minimum absolute atomic E-state index is 0.0787. The summed E-state index contributed by atoms with van der Waals surface area (Å²) in [6, 6.07) is 45.3. The Labute approximate surface area is 346 Å². The topological polar surface area (TPSA) is 95.1 Å². The minimum atomic E-state index is -0.640. The van der Waals surface area contributed by atoms with Crippen LogP contribution in [0.1, 0.15) is 94.1 Å². The molecule has 0 bridgehead atoms. The van der Waals surface area contributed by atoms with E-state index in [-0.39, 0.29) is 31.1 Å². The van der Waals surface area contributed by atoms with Crippen LogP contribution in [0.15, 0.2) is 140 Å². The molecular weight excluding hydrogens is 737 g/mol. The number of hydrogen-bond donors (Lipinski definition) is 2. The second-order valence-electron chi connectivity index (χ2n) is 15.4. The van der Waals surface area contributed by atoms with Crippen molar-refractivity contribution >= 4 is 12.0 Å². The van der Waals surface area contributed by atoms with Crippen LogP contribution in [0.5, 0.6) is 17.2 Å². The van der Waals surface area contributed by atoms with Crippen molar-refractivity contribution in [1.29, 1.82) is 0 Å². The van der Waals surface area contributed by atoms with Crippen LogP contribution < -0.4 is 24.8 Å². The van der Waals surface area contributed by atoms with Gasteiger partial charge in [0.1, 0.15) is 23.9 Å². The summed E-state index contributed by atoms with van der Waals surface area (Å²) in [5.41, 5.74) is 10.6. The Morgan fingerprint density at radius 1 is 0.644 bits per heavy atom. The van der Waals surface area contributed by atoms with Gasteiger partial charge in [-0.3, -0.25) is 4.79 Å². The van der Waals surface area contributed by atoms with Crippen molar-refractivity contribution in [2.45, 2.75) is 56.5 Å². The molecule has 2 atom stereocenters. The van der Waals surface area contributed by atoms with Gasteiger partial charge in [0.2, 0.25) is 0 Å². The van der Waals surface area contributed by atoms with E-state index < -0.39 is 12.1 Å². The van der Waals surface area contributed by atoms with E-state index in [2.05, 4.69) is 90.4 Å². The maximum Gasteiger partial charge on any atom is 0.407 e. The molecule has 8 heteroatoms. The highest BCUT2D eigenvalue weighted by Gasteiger charge is 2.30. The van der Waals surface area contributed by atoms with Crippen molar-refractivity contribution < 1.29 is 28.5 Å². The molecule has 0 spiro atoms. The summed E-state index contributed by atoms with van der Waals surface area (Å²) in [6.07, 6.45) is 4.48. The van der Waals surface area contributed by atoms with E-state index >= 15 is 0 Å². The summed E-state index contributed by atoms with van der Waals surface area (Å²) < 4.78 is 23.2. The minimum Gasteiger partial charge on any atom is -0.497 e. The SMILES string of the molecule is COc1ccc(C(NC(=O)OCC2c3ccccc3-c3ccccc32)c2ccc(OCC(=O)NC(c3ccc(C)cc3)c3ccc(C4CCCC4)cc3)cc2)c(OC)c1. The number of methoxy groups -OCH3 is 2. The van der Waals surface area contributed by atoms with Crippen LogP contribution in [-0.2, 0) is 9.53 Å². The van der Waals surface area contributed by atoms with E-state index in [0.29, 0.717) is 28.7 Å². The molecule has 59 heavy (non-hydrogen) atoms. The predicted octanol–water partition coefficient (Wildman–Crippen LogP) is 10.6. The van der Waals surface area contributed by atoms with Gasteiger partial charge in [0.25, 0.3) is 5.91 Å². The second-order valence-corrected chi connectivity index (χ2v) is 15.4. The zero-order chi connectivity index (χ0) is 40.7. The normalized spacial score (nSPS) is 14.4. The Morgan fingerprint density at radius 2 is 1.22 bits per heavy atom.